The molecule has 5 atom stereocenters. The first-order valence-corrected chi connectivity index (χ1v) is 9.59. The van der Waals surface area contributed by atoms with E-state index in [1.807, 2.05) is 0 Å². The van der Waals surface area contributed by atoms with E-state index >= 15 is 0 Å². The van der Waals surface area contributed by atoms with Crippen molar-refractivity contribution in [2.24, 2.45) is 29.1 Å². The van der Waals surface area contributed by atoms with Crippen molar-refractivity contribution >= 4 is 17.7 Å². The largest absolute Gasteiger partial charge is 0.463 e. The van der Waals surface area contributed by atoms with Crippen molar-refractivity contribution in [1.29, 1.82) is 0 Å². The SMILES string of the molecule is C=C[C@@]12C[C@@H]3[C@H](C)CC[C@H]3C(=O)C[C@@H]1CC(OC(C)=O)=C2C(=O)OCC. The third-order valence-corrected chi connectivity index (χ3v) is 6.63. The van der Waals surface area contributed by atoms with Crippen molar-refractivity contribution in [2.45, 2.75) is 52.9 Å². The lowest BCUT2D eigenvalue weighted by molar-refractivity contribution is -0.140. The Balaban J connectivity index is 2.09. The molecule has 0 aromatic heterocycles. The minimum atomic E-state index is -0.662. The second kappa shape index (κ2) is 7.01. The molecule has 2 saturated carbocycles. The number of fused-ring (bicyclic) bond motifs is 2. The van der Waals surface area contributed by atoms with Crippen LogP contribution in [0.3, 0.4) is 0 Å². The fourth-order valence-electron chi connectivity index (χ4n) is 5.41. The maximum atomic E-state index is 12.9. The lowest BCUT2D eigenvalue weighted by atomic mass is 9.67. The van der Waals surface area contributed by atoms with Gasteiger partial charge in [0, 0.05) is 31.1 Å². The van der Waals surface area contributed by atoms with Crippen LogP contribution in [0.25, 0.3) is 0 Å². The van der Waals surface area contributed by atoms with Crippen molar-refractivity contribution in [2.75, 3.05) is 6.61 Å². The highest BCUT2D eigenvalue weighted by atomic mass is 16.5. The highest BCUT2D eigenvalue weighted by Crippen LogP contribution is 2.60. The Morgan fingerprint density at radius 1 is 1.31 bits per heavy atom. The van der Waals surface area contributed by atoms with E-state index in [9.17, 15) is 14.4 Å². The number of rotatable bonds is 4. The van der Waals surface area contributed by atoms with Gasteiger partial charge in [0.1, 0.15) is 11.5 Å². The second-order valence-electron chi connectivity index (χ2n) is 7.96. The molecule has 0 aliphatic heterocycles. The number of allylic oxidation sites excluding steroid dienone is 2. The van der Waals surface area contributed by atoms with Gasteiger partial charge in [-0.3, -0.25) is 9.59 Å². The fraction of sp³-hybridized carbons (Fsp3) is 0.667. The summed E-state index contributed by atoms with van der Waals surface area (Å²) < 4.78 is 10.7. The van der Waals surface area contributed by atoms with E-state index in [-0.39, 0.29) is 30.1 Å². The maximum Gasteiger partial charge on any atom is 0.338 e. The minimum Gasteiger partial charge on any atom is -0.463 e. The number of esters is 2. The standard InChI is InChI=1S/C21H28O5/c1-5-21-11-16-12(3)7-8-15(16)17(23)9-14(21)10-18(26-13(4)22)19(21)20(24)25-6-2/h5,12,14-16H,1,6-11H2,2-4H3/t12-,14-,15-,16-,21-/m1/s1. The maximum absolute atomic E-state index is 12.9. The number of ether oxygens (including phenoxy) is 2. The molecule has 0 saturated heterocycles. The molecule has 3 aliphatic carbocycles. The predicted octanol–water partition coefficient (Wildman–Crippen LogP) is 3.58. The van der Waals surface area contributed by atoms with Crippen molar-refractivity contribution < 1.29 is 23.9 Å². The molecule has 0 aromatic carbocycles. The molecule has 3 aliphatic rings. The zero-order valence-corrected chi connectivity index (χ0v) is 15.9. The summed E-state index contributed by atoms with van der Waals surface area (Å²) in [6, 6.07) is 0. The first-order valence-electron chi connectivity index (χ1n) is 9.59. The summed E-state index contributed by atoms with van der Waals surface area (Å²) in [5.41, 5.74) is -0.257. The van der Waals surface area contributed by atoms with Crippen LogP contribution in [-0.2, 0) is 23.9 Å². The fourth-order valence-corrected chi connectivity index (χ4v) is 5.41. The van der Waals surface area contributed by atoms with Crippen LogP contribution in [0.15, 0.2) is 24.0 Å². The Labute approximate surface area is 154 Å². The average Bonchev–Trinajstić information content (AvgIpc) is 3.03. The molecular formula is C21H28O5. The summed E-state index contributed by atoms with van der Waals surface area (Å²) >= 11 is 0. The number of hydrogen-bond donors (Lipinski definition) is 0. The summed E-state index contributed by atoms with van der Waals surface area (Å²) in [7, 11) is 0. The van der Waals surface area contributed by atoms with Crippen LogP contribution >= 0.6 is 0 Å². The Morgan fingerprint density at radius 3 is 2.65 bits per heavy atom. The van der Waals surface area contributed by atoms with Crippen LogP contribution in [0, 0.1) is 29.1 Å². The summed E-state index contributed by atoms with van der Waals surface area (Å²) in [5.74, 6) is 0.358. The monoisotopic (exact) mass is 360 g/mol. The molecular weight excluding hydrogens is 332 g/mol. The van der Waals surface area contributed by atoms with Crippen molar-refractivity contribution in [3.63, 3.8) is 0 Å². The van der Waals surface area contributed by atoms with E-state index in [0.29, 0.717) is 36.5 Å². The minimum absolute atomic E-state index is 0.0769. The van der Waals surface area contributed by atoms with Gasteiger partial charge in [-0.2, -0.15) is 0 Å². The van der Waals surface area contributed by atoms with Gasteiger partial charge in [0.25, 0.3) is 0 Å². The molecule has 5 heteroatoms. The molecule has 0 aromatic rings. The van der Waals surface area contributed by atoms with Crippen LogP contribution < -0.4 is 0 Å². The van der Waals surface area contributed by atoms with E-state index in [0.717, 1.165) is 12.8 Å². The van der Waals surface area contributed by atoms with Gasteiger partial charge in [-0.05, 0) is 43.9 Å². The normalized spacial score (nSPS) is 36.2. The molecule has 26 heavy (non-hydrogen) atoms. The van der Waals surface area contributed by atoms with E-state index in [1.54, 1.807) is 13.0 Å². The molecule has 0 bridgehead atoms. The van der Waals surface area contributed by atoms with Gasteiger partial charge in [0.05, 0.1) is 12.2 Å². The zero-order chi connectivity index (χ0) is 19.1. The third kappa shape index (κ3) is 2.91. The zero-order valence-electron chi connectivity index (χ0n) is 15.9. The Hall–Kier alpha value is -1.91. The Bertz CT molecular complexity index is 676. The second-order valence-corrected chi connectivity index (χ2v) is 7.96. The van der Waals surface area contributed by atoms with Gasteiger partial charge in [-0.1, -0.05) is 13.0 Å². The number of Topliss-reactive ketones (excluding diaryl/α,β-unsaturated/α-hetero) is 1. The molecule has 142 valence electrons. The lowest BCUT2D eigenvalue weighted by Crippen LogP contribution is -2.33. The van der Waals surface area contributed by atoms with Crippen molar-refractivity contribution in [3.05, 3.63) is 24.0 Å². The van der Waals surface area contributed by atoms with Gasteiger partial charge in [-0.15, -0.1) is 6.58 Å². The Kier molecular flexibility index (Phi) is 5.09. The van der Waals surface area contributed by atoms with Crippen LogP contribution in [-0.4, -0.2) is 24.3 Å². The number of ketones is 1. The van der Waals surface area contributed by atoms with Gasteiger partial charge in [-0.25, -0.2) is 4.79 Å². The molecule has 0 unspecified atom stereocenters. The molecule has 5 nitrogen and oxygen atoms in total. The summed E-state index contributed by atoms with van der Waals surface area (Å²) in [5, 5.41) is 0. The van der Waals surface area contributed by atoms with Crippen LogP contribution in [0.4, 0.5) is 0 Å². The quantitative estimate of drug-likeness (QED) is 0.566. The molecule has 0 spiro atoms. The summed E-state index contributed by atoms with van der Waals surface area (Å²) in [6.45, 7) is 9.54. The summed E-state index contributed by atoms with van der Waals surface area (Å²) in [6.07, 6.45) is 5.26. The van der Waals surface area contributed by atoms with Crippen LogP contribution in [0.2, 0.25) is 0 Å². The smallest absolute Gasteiger partial charge is 0.338 e. The van der Waals surface area contributed by atoms with Gasteiger partial charge >= 0.3 is 11.9 Å². The predicted molar refractivity (Wildman–Crippen MR) is 95.8 cm³/mol. The molecule has 2 fully saturated rings. The first kappa shape index (κ1) is 18.9. The van der Waals surface area contributed by atoms with Crippen LogP contribution in [0.1, 0.15) is 52.9 Å². The third-order valence-electron chi connectivity index (χ3n) is 6.63. The summed E-state index contributed by atoms with van der Waals surface area (Å²) in [4.78, 5) is 37.3. The number of hydrogen-bond acceptors (Lipinski definition) is 5. The van der Waals surface area contributed by atoms with Gasteiger partial charge in [0.15, 0.2) is 0 Å². The number of carbonyl (C=O) groups is 3. The number of carbonyl (C=O) groups excluding carboxylic acids is 3. The van der Waals surface area contributed by atoms with E-state index in [4.69, 9.17) is 9.47 Å². The lowest BCUT2D eigenvalue weighted by Gasteiger charge is -2.35. The molecule has 0 radical (unpaired) electrons. The Morgan fingerprint density at radius 2 is 2.04 bits per heavy atom. The van der Waals surface area contributed by atoms with E-state index in [2.05, 4.69) is 13.5 Å². The van der Waals surface area contributed by atoms with Gasteiger partial charge < -0.3 is 9.47 Å². The van der Waals surface area contributed by atoms with Crippen molar-refractivity contribution in [3.8, 4) is 0 Å². The average molecular weight is 360 g/mol. The van der Waals surface area contributed by atoms with Crippen molar-refractivity contribution in [1.82, 2.24) is 0 Å². The highest BCUT2D eigenvalue weighted by molar-refractivity contribution is 5.93. The highest BCUT2D eigenvalue weighted by Gasteiger charge is 2.57. The molecule has 0 heterocycles. The van der Waals surface area contributed by atoms with Crippen LogP contribution in [0.5, 0.6) is 0 Å². The first-order chi connectivity index (χ1) is 12.3. The van der Waals surface area contributed by atoms with Gasteiger partial charge in [0.2, 0.25) is 0 Å². The van der Waals surface area contributed by atoms with E-state index < -0.39 is 17.4 Å². The molecule has 0 amide bonds. The topological polar surface area (TPSA) is 69.7 Å². The molecule has 0 N–H and O–H groups in total. The van der Waals surface area contributed by atoms with E-state index in [1.165, 1.54) is 6.92 Å². The molecule has 3 rings (SSSR count).